The average Bonchev–Trinajstić information content (AvgIpc) is 3.41. The third-order valence-corrected chi connectivity index (χ3v) is 6.32. The molecule has 12 heteroatoms. The highest BCUT2D eigenvalue weighted by Gasteiger charge is 2.62. The van der Waals surface area contributed by atoms with Crippen LogP contribution in [0.25, 0.3) is 0 Å². The predicted octanol–water partition coefficient (Wildman–Crippen LogP) is 4.58. The fourth-order valence-corrected chi connectivity index (χ4v) is 4.51. The number of nitrogens with zero attached hydrogens (tertiary/aromatic N) is 2. The van der Waals surface area contributed by atoms with Gasteiger partial charge in [0.25, 0.3) is 5.91 Å². The molecule has 0 aromatic heterocycles. The molecule has 2 aliphatic rings. The fraction of sp³-hybridized carbons (Fsp3) is 0.261. The lowest BCUT2D eigenvalue weighted by Crippen LogP contribution is -2.36. The van der Waals surface area contributed by atoms with Gasteiger partial charge in [0.15, 0.2) is 5.75 Å². The van der Waals surface area contributed by atoms with E-state index in [1.807, 2.05) is 12.2 Å². The van der Waals surface area contributed by atoms with Gasteiger partial charge < -0.3 is 14.8 Å². The first kappa shape index (κ1) is 24.3. The first-order valence-corrected chi connectivity index (χ1v) is 11.3. The molecule has 180 valence electrons. The maximum Gasteiger partial charge on any atom is 0.414 e. The predicted molar refractivity (Wildman–Crippen MR) is 129 cm³/mol. The Morgan fingerprint density at radius 2 is 1.97 bits per heavy atom. The maximum atomic E-state index is 12.4. The normalized spacial score (nSPS) is 19.9. The zero-order chi connectivity index (χ0) is 25.3. The summed E-state index contributed by atoms with van der Waals surface area (Å²) in [6, 6.07) is 9.74. The van der Waals surface area contributed by atoms with Gasteiger partial charge in [-0.1, -0.05) is 30.1 Å². The van der Waals surface area contributed by atoms with Gasteiger partial charge in [-0.05, 0) is 55.2 Å². The molecule has 3 N–H and O–H groups in total. The molecule has 10 nitrogen and oxygen atoms in total. The van der Waals surface area contributed by atoms with Crippen LogP contribution < -0.4 is 20.8 Å². The Hall–Kier alpha value is -3.81. The average molecular weight is 516 g/mol. The molecule has 1 spiro atoms. The van der Waals surface area contributed by atoms with Crippen LogP contribution in [0.4, 0.5) is 16.2 Å². The molecule has 35 heavy (non-hydrogen) atoms. The van der Waals surface area contributed by atoms with Gasteiger partial charge in [0.05, 0.1) is 27.8 Å². The Kier molecular flexibility index (Phi) is 6.56. The van der Waals surface area contributed by atoms with Crippen LogP contribution in [0.2, 0.25) is 10.0 Å². The number of benzene rings is 2. The molecule has 0 radical (unpaired) electrons. The Morgan fingerprint density at radius 3 is 2.57 bits per heavy atom. The van der Waals surface area contributed by atoms with E-state index in [1.54, 1.807) is 31.2 Å². The van der Waals surface area contributed by atoms with Crippen LogP contribution in [-0.4, -0.2) is 30.2 Å². The highest BCUT2D eigenvalue weighted by Crippen LogP contribution is 2.60. The van der Waals surface area contributed by atoms with Crippen LogP contribution >= 0.6 is 23.2 Å². The van der Waals surface area contributed by atoms with Crippen LogP contribution in [0.5, 0.6) is 11.5 Å². The number of carbonyl (C=O) groups is 3. The first-order valence-electron chi connectivity index (χ1n) is 10.5. The zero-order valence-corrected chi connectivity index (χ0v) is 20.1. The number of hydrazone groups is 1. The third kappa shape index (κ3) is 4.60. The minimum Gasteiger partial charge on any atom is -0.454 e. The van der Waals surface area contributed by atoms with Crippen LogP contribution in [0.15, 0.2) is 35.4 Å². The number of ether oxygens (including phenoxy) is 2. The van der Waals surface area contributed by atoms with Gasteiger partial charge in [-0.25, -0.2) is 4.79 Å². The van der Waals surface area contributed by atoms with Gasteiger partial charge in [0.2, 0.25) is 11.6 Å². The summed E-state index contributed by atoms with van der Waals surface area (Å²) in [5, 5.41) is 17.9. The maximum absolute atomic E-state index is 12.4. The van der Waals surface area contributed by atoms with Crippen molar-refractivity contribution < 1.29 is 23.9 Å². The summed E-state index contributed by atoms with van der Waals surface area (Å²) in [5.74, 6) is -0.156. The lowest BCUT2D eigenvalue weighted by molar-refractivity contribution is -0.118. The summed E-state index contributed by atoms with van der Waals surface area (Å²) in [7, 11) is 0. The lowest BCUT2D eigenvalue weighted by Gasteiger charge is -2.13. The van der Waals surface area contributed by atoms with Gasteiger partial charge in [0.1, 0.15) is 11.8 Å². The molecule has 2 atom stereocenters. The molecule has 1 aliphatic heterocycles. The van der Waals surface area contributed by atoms with Crippen LogP contribution in [-0.2, 0) is 19.7 Å². The van der Waals surface area contributed by atoms with Gasteiger partial charge in [-0.3, -0.25) is 20.3 Å². The monoisotopic (exact) mass is 515 g/mol. The second-order valence-electron chi connectivity index (χ2n) is 7.97. The van der Waals surface area contributed by atoms with Gasteiger partial charge in [0, 0.05) is 5.69 Å². The number of hydrogen-bond donors (Lipinski definition) is 3. The third-order valence-electron chi connectivity index (χ3n) is 5.76. The minimum absolute atomic E-state index is 0.00290. The van der Waals surface area contributed by atoms with E-state index < -0.39 is 23.1 Å². The highest BCUT2D eigenvalue weighted by atomic mass is 35.5. The van der Waals surface area contributed by atoms with Crippen molar-refractivity contribution in [1.29, 1.82) is 5.26 Å². The summed E-state index contributed by atoms with van der Waals surface area (Å²) in [5.41, 5.74) is 3.29. The van der Waals surface area contributed by atoms with Crippen LogP contribution in [0.1, 0.15) is 25.8 Å². The van der Waals surface area contributed by atoms with E-state index in [0.717, 1.165) is 17.7 Å². The van der Waals surface area contributed by atoms with Crippen molar-refractivity contribution in [2.24, 2.45) is 11.0 Å². The molecule has 2 aromatic rings. The van der Waals surface area contributed by atoms with Gasteiger partial charge in [-0.15, -0.1) is 0 Å². The van der Waals surface area contributed by atoms with Gasteiger partial charge in [-0.2, -0.15) is 10.4 Å². The molecule has 1 heterocycles. The highest BCUT2D eigenvalue weighted by molar-refractivity contribution is 6.47. The van der Waals surface area contributed by atoms with Crippen molar-refractivity contribution in [2.45, 2.75) is 25.7 Å². The molecule has 0 saturated heterocycles. The summed E-state index contributed by atoms with van der Waals surface area (Å²) >= 11 is 12.7. The molecule has 2 unspecified atom stereocenters. The molecule has 4 rings (SSSR count). The number of anilines is 2. The Bertz CT molecular complexity index is 1300. The zero-order valence-electron chi connectivity index (χ0n) is 18.6. The van der Waals surface area contributed by atoms with Crippen molar-refractivity contribution in [2.75, 3.05) is 17.3 Å². The quantitative estimate of drug-likeness (QED) is 0.377. The molecule has 1 saturated carbocycles. The molecule has 3 amide bonds. The van der Waals surface area contributed by atoms with Crippen molar-refractivity contribution in [3.05, 3.63) is 45.9 Å². The number of imide groups is 1. The number of fused-ring (bicyclic) bond motifs is 2. The van der Waals surface area contributed by atoms with E-state index in [-0.39, 0.29) is 39.9 Å². The number of alkyl carbamates (subject to hydrolysis) is 1. The van der Waals surface area contributed by atoms with Crippen molar-refractivity contribution in [3.63, 3.8) is 0 Å². The summed E-state index contributed by atoms with van der Waals surface area (Å²) in [4.78, 5) is 35.7. The number of amides is 3. The van der Waals surface area contributed by atoms with E-state index in [1.165, 1.54) is 12.1 Å². The second-order valence-corrected chi connectivity index (χ2v) is 8.78. The number of nitrogens with one attached hydrogen (secondary N) is 3. The van der Waals surface area contributed by atoms with E-state index >= 15 is 0 Å². The Labute approximate surface area is 210 Å². The molecule has 1 aliphatic carbocycles. The smallest absolute Gasteiger partial charge is 0.414 e. The number of nitriles is 1. The SMILES string of the molecule is CCOC(=O)NC(=O)C(C#N)=NNc1cc(Cl)c(Oc2ccc3c(c2)C2(CC2C)C(=O)N3)c(Cl)c1. The van der Waals surface area contributed by atoms with E-state index in [0.29, 0.717) is 5.75 Å². The van der Waals surface area contributed by atoms with Gasteiger partial charge >= 0.3 is 6.09 Å². The van der Waals surface area contributed by atoms with Crippen LogP contribution in [0, 0.1) is 17.2 Å². The molecular weight excluding hydrogens is 497 g/mol. The number of rotatable bonds is 6. The van der Waals surface area contributed by atoms with Crippen LogP contribution in [0.3, 0.4) is 0 Å². The fourth-order valence-electron chi connectivity index (χ4n) is 3.94. The minimum atomic E-state index is -1.04. The van der Waals surface area contributed by atoms with E-state index in [4.69, 9.17) is 33.2 Å². The van der Waals surface area contributed by atoms with E-state index in [2.05, 4.69) is 20.6 Å². The molecule has 0 bridgehead atoms. The topological polar surface area (TPSA) is 142 Å². The largest absolute Gasteiger partial charge is 0.454 e. The second kappa shape index (κ2) is 9.44. The Morgan fingerprint density at radius 1 is 1.29 bits per heavy atom. The summed E-state index contributed by atoms with van der Waals surface area (Å²) < 4.78 is 10.5. The summed E-state index contributed by atoms with van der Waals surface area (Å²) in [6.07, 6.45) is -0.220. The number of hydrogen-bond acceptors (Lipinski definition) is 8. The molecule has 1 fully saturated rings. The van der Waals surface area contributed by atoms with E-state index in [9.17, 15) is 14.4 Å². The lowest BCUT2D eigenvalue weighted by atomic mass is 9.95. The summed E-state index contributed by atoms with van der Waals surface area (Å²) in [6.45, 7) is 3.66. The Balaban J connectivity index is 1.50. The first-order chi connectivity index (χ1) is 16.7. The van der Waals surface area contributed by atoms with Crippen molar-refractivity contribution in [3.8, 4) is 17.6 Å². The number of carbonyl (C=O) groups excluding carboxylic acids is 3. The standard InChI is InChI=1S/C23H19Cl2N5O5/c1-3-34-22(33)28-20(31)18(10-26)30-29-12-6-15(24)19(16(25)7-12)35-13-4-5-17-14(8-13)23(9-11(23)2)21(32)27-17/h4-8,11,29H,3,9H2,1-2H3,(H,27,32)(H,28,31,33). The number of halogens is 2. The van der Waals surface area contributed by atoms with Crippen molar-refractivity contribution >= 4 is 58.2 Å². The molecule has 2 aromatic carbocycles. The molecular formula is C23H19Cl2N5O5. The van der Waals surface area contributed by atoms with Crippen molar-refractivity contribution in [1.82, 2.24) is 5.32 Å².